The third-order valence-electron chi connectivity index (χ3n) is 6.23. The number of likely N-dealkylation sites (tertiary alicyclic amines) is 1. The Bertz CT molecular complexity index is 1090. The first-order chi connectivity index (χ1) is 14.0. The summed E-state index contributed by atoms with van der Waals surface area (Å²) in [6, 6.07) is 16.8. The van der Waals surface area contributed by atoms with Crippen LogP contribution in [0.3, 0.4) is 0 Å². The van der Waals surface area contributed by atoms with E-state index in [1.165, 1.54) is 0 Å². The van der Waals surface area contributed by atoms with Crippen LogP contribution in [0.4, 0.5) is 5.69 Å². The molecule has 5 rings (SSSR count). The second-order valence-electron chi connectivity index (χ2n) is 8.11. The minimum absolute atomic E-state index is 0.109. The van der Waals surface area contributed by atoms with Crippen molar-refractivity contribution in [1.82, 2.24) is 4.90 Å². The van der Waals surface area contributed by atoms with Gasteiger partial charge in [0.15, 0.2) is 0 Å². The van der Waals surface area contributed by atoms with Crippen molar-refractivity contribution in [2.45, 2.75) is 36.0 Å². The fourth-order valence-electron chi connectivity index (χ4n) is 4.51. The van der Waals surface area contributed by atoms with E-state index < -0.39 is 15.4 Å². The number of amidine groups is 1. The summed E-state index contributed by atoms with van der Waals surface area (Å²) < 4.78 is 29.2. The molecule has 0 spiro atoms. The van der Waals surface area contributed by atoms with Crippen molar-refractivity contribution in [3.8, 4) is 0 Å². The van der Waals surface area contributed by atoms with Gasteiger partial charge in [-0.15, -0.1) is 4.40 Å². The van der Waals surface area contributed by atoms with E-state index in [9.17, 15) is 13.2 Å². The summed E-state index contributed by atoms with van der Waals surface area (Å²) >= 11 is 0. The average molecular weight is 410 g/mol. The van der Waals surface area contributed by atoms with Crippen LogP contribution in [0.2, 0.25) is 0 Å². The fourth-order valence-corrected chi connectivity index (χ4v) is 5.71. The Hall–Kier alpha value is -2.67. The summed E-state index contributed by atoms with van der Waals surface area (Å²) in [5, 5.41) is 3.20. The van der Waals surface area contributed by atoms with Crippen LogP contribution < -0.4 is 5.32 Å². The van der Waals surface area contributed by atoms with Gasteiger partial charge in [0, 0.05) is 19.0 Å². The number of carbonyl (C=O) groups excluding carboxylic acids is 1. The van der Waals surface area contributed by atoms with Gasteiger partial charge in [-0.25, -0.2) is 0 Å². The lowest BCUT2D eigenvalue weighted by atomic mass is 9.91. The van der Waals surface area contributed by atoms with Crippen LogP contribution in [0.15, 0.2) is 63.9 Å². The minimum atomic E-state index is -3.72. The lowest BCUT2D eigenvalue weighted by Gasteiger charge is -2.36. The number of sulfonamides is 1. The van der Waals surface area contributed by atoms with Gasteiger partial charge in [0.25, 0.3) is 10.0 Å². The van der Waals surface area contributed by atoms with Crippen molar-refractivity contribution < 1.29 is 13.2 Å². The summed E-state index contributed by atoms with van der Waals surface area (Å²) in [6.45, 7) is 1.21. The Kier molecular flexibility index (Phi) is 4.24. The Balaban J connectivity index is 1.38. The van der Waals surface area contributed by atoms with Crippen LogP contribution >= 0.6 is 0 Å². The number of nitrogens with zero attached hydrogens (tertiary/aromatic N) is 2. The van der Waals surface area contributed by atoms with E-state index in [0.717, 1.165) is 31.2 Å². The van der Waals surface area contributed by atoms with Crippen LogP contribution in [0, 0.1) is 5.92 Å². The average Bonchev–Trinajstić information content (AvgIpc) is 3.56. The second kappa shape index (κ2) is 6.69. The zero-order valence-corrected chi connectivity index (χ0v) is 16.9. The first-order valence-electron chi connectivity index (χ1n) is 10.1. The Morgan fingerprint density at radius 2 is 1.79 bits per heavy atom. The third kappa shape index (κ3) is 3.13. The van der Waals surface area contributed by atoms with Crippen molar-refractivity contribution in [1.29, 1.82) is 0 Å². The zero-order chi connectivity index (χ0) is 20.1. The highest BCUT2D eigenvalue weighted by atomic mass is 32.2. The summed E-state index contributed by atoms with van der Waals surface area (Å²) in [6.07, 6.45) is 3.39. The molecule has 3 aliphatic rings. The highest BCUT2D eigenvalue weighted by Gasteiger charge is 2.53. The summed E-state index contributed by atoms with van der Waals surface area (Å²) in [4.78, 5) is 15.5. The van der Waals surface area contributed by atoms with Crippen molar-refractivity contribution in [3.63, 3.8) is 0 Å². The fraction of sp³-hybridized carbons (Fsp3) is 0.364. The normalized spacial score (nSPS) is 24.1. The molecule has 2 fully saturated rings. The van der Waals surface area contributed by atoms with Crippen LogP contribution in [0.1, 0.15) is 31.2 Å². The number of anilines is 1. The Morgan fingerprint density at radius 3 is 2.55 bits per heavy atom. The topological polar surface area (TPSA) is 78.8 Å². The van der Waals surface area contributed by atoms with Gasteiger partial charge in [0.05, 0.1) is 11.1 Å². The molecule has 0 aromatic heterocycles. The van der Waals surface area contributed by atoms with E-state index in [-0.39, 0.29) is 16.7 Å². The number of para-hydroxylation sites is 1. The summed E-state index contributed by atoms with van der Waals surface area (Å²) in [5.74, 6) is 0.501. The number of amides is 1. The monoisotopic (exact) mass is 409 g/mol. The third-order valence-corrected chi connectivity index (χ3v) is 7.58. The van der Waals surface area contributed by atoms with Crippen LogP contribution in [0.5, 0.6) is 0 Å². The number of carbonyl (C=O) groups is 1. The van der Waals surface area contributed by atoms with Gasteiger partial charge in [-0.3, -0.25) is 4.79 Å². The molecule has 150 valence electrons. The second-order valence-corrected chi connectivity index (χ2v) is 9.68. The largest absolute Gasteiger partial charge is 0.342 e. The lowest BCUT2D eigenvalue weighted by molar-refractivity contribution is -0.135. The number of rotatable bonds is 3. The van der Waals surface area contributed by atoms with Gasteiger partial charge in [0.2, 0.25) is 5.91 Å². The molecule has 1 N–H and O–H groups in total. The predicted octanol–water partition coefficient (Wildman–Crippen LogP) is 3.17. The first-order valence-corrected chi connectivity index (χ1v) is 11.5. The number of benzene rings is 2. The molecule has 29 heavy (non-hydrogen) atoms. The molecule has 1 amide bonds. The number of piperidine rings is 1. The molecule has 1 saturated carbocycles. The van der Waals surface area contributed by atoms with Crippen molar-refractivity contribution in [3.05, 3.63) is 60.2 Å². The van der Waals surface area contributed by atoms with Crippen LogP contribution in [-0.2, 0) is 20.2 Å². The predicted molar refractivity (Wildman–Crippen MR) is 111 cm³/mol. The van der Waals surface area contributed by atoms with Gasteiger partial charge < -0.3 is 10.2 Å². The number of hydrogen-bond acceptors (Lipinski definition) is 4. The first kappa shape index (κ1) is 18.4. The molecule has 1 atom stereocenters. The smallest absolute Gasteiger partial charge is 0.286 e. The molecule has 0 radical (unpaired) electrons. The molecular formula is C22H23N3O3S. The minimum Gasteiger partial charge on any atom is -0.342 e. The van der Waals surface area contributed by atoms with Gasteiger partial charge in [-0.1, -0.05) is 42.5 Å². The molecule has 0 unspecified atom stereocenters. The van der Waals surface area contributed by atoms with Gasteiger partial charge in [0.1, 0.15) is 10.7 Å². The molecule has 2 aliphatic heterocycles. The summed E-state index contributed by atoms with van der Waals surface area (Å²) in [7, 11) is -3.72. The van der Waals surface area contributed by atoms with Crippen molar-refractivity contribution in [2.75, 3.05) is 18.4 Å². The molecule has 2 aromatic carbocycles. The summed E-state index contributed by atoms with van der Waals surface area (Å²) in [5.41, 5.74) is 1.24. The molecule has 2 heterocycles. The molecule has 1 aliphatic carbocycles. The maximum atomic E-state index is 13.4. The molecule has 0 bridgehead atoms. The van der Waals surface area contributed by atoms with E-state index in [2.05, 4.69) is 9.71 Å². The SMILES string of the molecule is O=C(N1CCC[C@H](C2=NS(=O)(=O)c3ccccc3N2)C1)C1(c2ccccc2)CC1. The van der Waals surface area contributed by atoms with Crippen LogP contribution in [0.25, 0.3) is 0 Å². The molecular weight excluding hydrogens is 386 g/mol. The molecule has 1 saturated heterocycles. The number of hydrogen-bond donors (Lipinski definition) is 1. The Labute approximate surface area is 170 Å². The van der Waals surface area contributed by atoms with Crippen molar-refractivity contribution >= 4 is 27.5 Å². The maximum absolute atomic E-state index is 13.4. The van der Waals surface area contributed by atoms with E-state index in [4.69, 9.17) is 0 Å². The number of nitrogens with one attached hydrogen (secondary N) is 1. The van der Waals surface area contributed by atoms with Gasteiger partial charge in [-0.05, 0) is 43.4 Å². The maximum Gasteiger partial charge on any atom is 0.286 e. The van der Waals surface area contributed by atoms with E-state index in [1.807, 2.05) is 35.2 Å². The highest BCUT2D eigenvalue weighted by molar-refractivity contribution is 7.90. The van der Waals surface area contributed by atoms with Gasteiger partial charge >= 0.3 is 0 Å². The molecule has 6 nitrogen and oxygen atoms in total. The van der Waals surface area contributed by atoms with Crippen LogP contribution in [-0.4, -0.2) is 38.2 Å². The highest BCUT2D eigenvalue weighted by Crippen LogP contribution is 2.50. The van der Waals surface area contributed by atoms with Gasteiger partial charge in [-0.2, -0.15) is 8.42 Å². The van der Waals surface area contributed by atoms with E-state index in [0.29, 0.717) is 24.6 Å². The molecule has 2 aromatic rings. The zero-order valence-electron chi connectivity index (χ0n) is 16.0. The van der Waals surface area contributed by atoms with Crippen molar-refractivity contribution in [2.24, 2.45) is 10.3 Å². The van der Waals surface area contributed by atoms with E-state index >= 15 is 0 Å². The standard InChI is InChI=1S/C22H23N3O3S/c26-21(22(12-13-22)17-8-2-1-3-9-17)25-14-6-7-16(15-25)20-23-18-10-4-5-11-19(18)29(27,28)24-20/h1-5,8-11,16H,6-7,12-15H2,(H,23,24)/t16-/m0/s1. The number of fused-ring (bicyclic) bond motifs is 1. The van der Waals surface area contributed by atoms with E-state index in [1.54, 1.807) is 24.3 Å². The Morgan fingerprint density at radius 1 is 1.07 bits per heavy atom. The molecule has 7 heteroatoms. The quantitative estimate of drug-likeness (QED) is 0.845. The lowest BCUT2D eigenvalue weighted by Crippen LogP contribution is -2.48.